The first-order valence-corrected chi connectivity index (χ1v) is 9.48. The highest BCUT2D eigenvalue weighted by molar-refractivity contribution is 7.61. The second kappa shape index (κ2) is 9.35. The molecule has 0 saturated carbocycles. The lowest BCUT2D eigenvalue weighted by molar-refractivity contribution is -0.278. The lowest BCUT2D eigenvalue weighted by Crippen LogP contribution is -2.21. The van der Waals surface area contributed by atoms with E-state index in [0.717, 1.165) is 0 Å². The molecule has 0 fully saturated rings. The summed E-state index contributed by atoms with van der Waals surface area (Å²) < 4.78 is 176. The molecule has 0 aliphatic rings. The Morgan fingerprint density at radius 2 is 0.647 bits per heavy atom. The van der Waals surface area contributed by atoms with E-state index in [2.05, 4.69) is 18.9 Å². The number of halogens is 12. The van der Waals surface area contributed by atoms with Gasteiger partial charge < -0.3 is 23.5 Å². The summed E-state index contributed by atoms with van der Waals surface area (Å²) in [7, 11) is -3.89. The van der Waals surface area contributed by atoms with Gasteiger partial charge in [-0.1, -0.05) is 0 Å². The molecule has 0 spiro atoms. The van der Waals surface area contributed by atoms with Crippen molar-refractivity contribution < 1.29 is 76.2 Å². The van der Waals surface area contributed by atoms with Crippen LogP contribution in [0.3, 0.4) is 0 Å². The van der Waals surface area contributed by atoms with Crippen LogP contribution in [0.5, 0.6) is 23.0 Å². The van der Waals surface area contributed by atoms with Crippen LogP contribution in [0.15, 0.2) is 36.4 Å². The van der Waals surface area contributed by atoms with Crippen molar-refractivity contribution in [3.63, 3.8) is 0 Å². The van der Waals surface area contributed by atoms with E-state index in [-0.39, 0.29) is 12.1 Å². The smallest absolute Gasteiger partial charge is 0.406 e. The van der Waals surface area contributed by atoms with Gasteiger partial charge in [-0.25, -0.2) is 0 Å². The first-order valence-electron chi connectivity index (χ1n) is 8.07. The van der Waals surface area contributed by atoms with Crippen molar-refractivity contribution in [1.29, 1.82) is 0 Å². The van der Waals surface area contributed by atoms with Crippen LogP contribution in [0.25, 0.3) is 0 Å². The molecule has 0 radical (unpaired) electrons. The minimum absolute atomic E-state index is 0.112. The van der Waals surface area contributed by atoms with E-state index in [1.165, 1.54) is 0 Å². The molecule has 2 rings (SSSR count). The van der Waals surface area contributed by atoms with Crippen molar-refractivity contribution in [1.82, 2.24) is 0 Å². The Bertz CT molecular complexity index is 893. The van der Waals surface area contributed by atoms with Crippen molar-refractivity contribution in [2.24, 2.45) is 0 Å². The summed E-state index contributed by atoms with van der Waals surface area (Å²) in [4.78, 5) is 0. The number of rotatable bonds is 6. The molecule has 5 nitrogen and oxygen atoms in total. The summed E-state index contributed by atoms with van der Waals surface area (Å²) in [5.41, 5.74) is 0. The van der Waals surface area contributed by atoms with Gasteiger partial charge in [0, 0.05) is 22.7 Å². The average molecular weight is 538 g/mol. The zero-order valence-electron chi connectivity index (χ0n) is 15.5. The van der Waals surface area contributed by atoms with Gasteiger partial charge in [-0.15, -0.1) is 52.7 Å². The molecular weight excluding hydrogens is 531 g/mol. The van der Waals surface area contributed by atoms with Crippen molar-refractivity contribution in [3.05, 3.63) is 36.4 Å². The Labute approximate surface area is 180 Å². The molecule has 0 heterocycles. The van der Waals surface area contributed by atoms with E-state index in [1.807, 2.05) is 0 Å². The largest absolute Gasteiger partial charge is 0.573 e. The SMILES string of the molecule is O=[PH](c1cc(OC(F)(F)F)cc(OC(F)(F)F)c1)c1cc(OC(F)(F)F)cc(OC(F)(F)F)c1. The number of ether oxygens (including phenoxy) is 4. The highest BCUT2D eigenvalue weighted by atomic mass is 31.1. The lowest BCUT2D eigenvalue weighted by atomic mass is 10.3. The fourth-order valence-corrected chi connectivity index (χ4v) is 3.77. The fourth-order valence-electron chi connectivity index (χ4n) is 2.34. The Hall–Kier alpha value is -2.97. The van der Waals surface area contributed by atoms with Gasteiger partial charge in [0.25, 0.3) is 0 Å². The van der Waals surface area contributed by atoms with Crippen LogP contribution in [-0.4, -0.2) is 25.4 Å². The van der Waals surface area contributed by atoms with Crippen molar-refractivity contribution in [3.8, 4) is 23.0 Å². The Morgan fingerprint density at radius 3 is 0.824 bits per heavy atom. The molecule has 0 aromatic heterocycles. The molecule has 0 aliphatic heterocycles. The standard InChI is InChI=1S/C16H7F12O5P/c17-13(18,19)30-7-1-8(31-14(20,21)22)4-11(3-7)34(29)12-5-9(32-15(23,24)25)2-10(6-12)33-16(26,27)28/h1-6,34H. The fraction of sp³-hybridized carbons (Fsp3) is 0.250. The molecule has 0 N–H and O–H groups in total. The topological polar surface area (TPSA) is 54.0 Å². The van der Waals surface area contributed by atoms with Gasteiger partial charge >= 0.3 is 25.4 Å². The summed E-state index contributed by atoms with van der Waals surface area (Å²) in [6, 6.07) is 1.44. The third-order valence-corrected chi connectivity index (χ3v) is 4.84. The zero-order chi connectivity index (χ0) is 26.1. The van der Waals surface area contributed by atoms with Crippen LogP contribution in [-0.2, 0) is 4.57 Å². The van der Waals surface area contributed by atoms with E-state index in [9.17, 15) is 57.3 Å². The first kappa shape index (κ1) is 27.3. The maximum atomic E-state index is 12.8. The Balaban J connectivity index is 2.58. The highest BCUT2D eigenvalue weighted by Crippen LogP contribution is 2.35. The van der Waals surface area contributed by atoms with Gasteiger partial charge in [-0.2, -0.15) is 0 Å². The predicted molar refractivity (Wildman–Crippen MR) is 87.9 cm³/mol. The second-order valence-corrected chi connectivity index (χ2v) is 7.72. The summed E-state index contributed by atoms with van der Waals surface area (Å²) >= 11 is 0. The summed E-state index contributed by atoms with van der Waals surface area (Å²) in [5, 5.41) is -1.82. The Morgan fingerprint density at radius 1 is 0.441 bits per heavy atom. The predicted octanol–water partition coefficient (Wildman–Crippen LogP) is 5.79. The summed E-state index contributed by atoms with van der Waals surface area (Å²) in [6.07, 6.45) is -21.7. The number of alkyl halides is 12. The van der Waals surface area contributed by atoms with E-state index in [4.69, 9.17) is 0 Å². The highest BCUT2D eigenvalue weighted by Gasteiger charge is 2.36. The maximum Gasteiger partial charge on any atom is 0.573 e. The van der Waals surface area contributed by atoms with E-state index >= 15 is 0 Å². The lowest BCUT2D eigenvalue weighted by Gasteiger charge is -2.16. The zero-order valence-corrected chi connectivity index (χ0v) is 16.5. The number of hydrogen-bond acceptors (Lipinski definition) is 5. The Kier molecular flexibility index (Phi) is 7.50. The van der Waals surface area contributed by atoms with Crippen molar-refractivity contribution >= 4 is 18.4 Å². The second-order valence-electron chi connectivity index (χ2n) is 5.91. The molecule has 2 aromatic carbocycles. The van der Waals surface area contributed by atoms with E-state index < -0.39 is 66.9 Å². The van der Waals surface area contributed by atoms with Crippen molar-refractivity contribution in [2.45, 2.75) is 25.4 Å². The molecule has 0 amide bonds. The van der Waals surface area contributed by atoms with E-state index in [1.54, 1.807) is 0 Å². The molecule has 2 aromatic rings. The molecule has 0 unspecified atom stereocenters. The number of hydrogen-bond donors (Lipinski definition) is 0. The summed E-state index contributed by atoms with van der Waals surface area (Å²) in [5.74, 6) is -5.46. The van der Waals surface area contributed by atoms with Gasteiger partial charge in [-0.3, -0.25) is 0 Å². The molecule has 18 heteroatoms. The maximum absolute atomic E-state index is 12.8. The molecule has 0 atom stereocenters. The third-order valence-electron chi connectivity index (χ3n) is 3.22. The monoisotopic (exact) mass is 538 g/mol. The minimum atomic E-state index is -5.43. The molecule has 190 valence electrons. The van der Waals surface area contributed by atoms with Crippen LogP contribution < -0.4 is 29.6 Å². The van der Waals surface area contributed by atoms with Crippen LogP contribution in [0.1, 0.15) is 0 Å². The van der Waals surface area contributed by atoms with Gasteiger partial charge in [0.05, 0.1) is 0 Å². The van der Waals surface area contributed by atoms with Crippen LogP contribution >= 0.6 is 7.80 Å². The van der Waals surface area contributed by atoms with Crippen molar-refractivity contribution in [2.75, 3.05) is 0 Å². The number of benzene rings is 2. The molecule has 0 aliphatic carbocycles. The van der Waals surface area contributed by atoms with Gasteiger partial charge in [-0.05, 0) is 24.3 Å². The minimum Gasteiger partial charge on any atom is -0.406 e. The molecule has 0 bridgehead atoms. The third kappa shape index (κ3) is 9.49. The van der Waals surface area contributed by atoms with Crippen LogP contribution in [0, 0.1) is 0 Å². The molecular formula is C16H7F12O5P. The van der Waals surface area contributed by atoms with E-state index in [0.29, 0.717) is 24.3 Å². The first-order chi connectivity index (χ1) is 15.2. The average Bonchev–Trinajstić information content (AvgIpc) is 2.54. The normalized spacial score (nSPS) is 13.1. The quantitative estimate of drug-likeness (QED) is 0.345. The van der Waals surface area contributed by atoms with Gasteiger partial charge in [0.15, 0.2) is 0 Å². The molecule has 0 saturated heterocycles. The van der Waals surface area contributed by atoms with Crippen LogP contribution in [0.4, 0.5) is 52.7 Å². The van der Waals surface area contributed by atoms with Gasteiger partial charge in [0.1, 0.15) is 30.8 Å². The summed E-state index contributed by atoms with van der Waals surface area (Å²) in [6.45, 7) is 0. The van der Waals surface area contributed by atoms with Gasteiger partial charge in [0.2, 0.25) is 0 Å². The van der Waals surface area contributed by atoms with Crippen LogP contribution in [0.2, 0.25) is 0 Å². The molecule has 34 heavy (non-hydrogen) atoms.